The molecule has 0 bridgehead atoms. The van der Waals surface area contributed by atoms with Crippen LogP contribution in [0.2, 0.25) is 0 Å². The Labute approximate surface area is 136 Å². The molecule has 1 fully saturated rings. The molecular weight excluding hydrogens is 286 g/mol. The van der Waals surface area contributed by atoms with Gasteiger partial charge in [-0.1, -0.05) is 48.5 Å². The summed E-state index contributed by atoms with van der Waals surface area (Å²) in [6, 6.07) is 16.6. The van der Waals surface area contributed by atoms with Crippen LogP contribution in [0.15, 0.2) is 48.5 Å². The zero-order valence-electron chi connectivity index (χ0n) is 13.0. The van der Waals surface area contributed by atoms with Crippen LogP contribution < -0.4 is 11.1 Å². The fourth-order valence-electron chi connectivity index (χ4n) is 4.01. The highest BCUT2D eigenvalue weighted by atomic mass is 16.2. The number of carbonyl (C=O) groups excluding carboxylic acids is 1. The number of nitrogens with two attached hydrogens (primary N) is 1. The van der Waals surface area contributed by atoms with Gasteiger partial charge in [0, 0.05) is 32.1 Å². The zero-order chi connectivity index (χ0) is 15.8. The van der Waals surface area contributed by atoms with Crippen molar-refractivity contribution < 1.29 is 4.79 Å². The molecule has 1 amide bonds. The molecular formula is C19H21N3O. The van der Waals surface area contributed by atoms with Gasteiger partial charge in [-0.2, -0.15) is 0 Å². The first-order valence-electron chi connectivity index (χ1n) is 8.18. The molecule has 0 aromatic heterocycles. The number of amides is 1. The maximum atomic E-state index is 12.5. The van der Waals surface area contributed by atoms with Gasteiger partial charge >= 0.3 is 0 Å². The van der Waals surface area contributed by atoms with E-state index in [0.29, 0.717) is 6.54 Å². The summed E-state index contributed by atoms with van der Waals surface area (Å²) < 4.78 is 0. The molecule has 1 saturated heterocycles. The summed E-state index contributed by atoms with van der Waals surface area (Å²) in [6.07, 6.45) is 0. The lowest BCUT2D eigenvalue weighted by atomic mass is 9.78. The van der Waals surface area contributed by atoms with E-state index in [1.54, 1.807) is 0 Å². The Morgan fingerprint density at radius 3 is 2.74 bits per heavy atom. The number of nitrogens with zero attached hydrogens (tertiary/aromatic N) is 1. The monoisotopic (exact) mass is 307 g/mol. The third-order valence-corrected chi connectivity index (χ3v) is 5.02. The van der Waals surface area contributed by atoms with E-state index in [9.17, 15) is 4.79 Å². The Balaban J connectivity index is 1.90. The van der Waals surface area contributed by atoms with Crippen LogP contribution in [0.1, 0.15) is 34.2 Å². The van der Waals surface area contributed by atoms with Crippen molar-refractivity contribution in [2.24, 2.45) is 5.73 Å². The summed E-state index contributed by atoms with van der Waals surface area (Å²) in [6.45, 7) is 2.99. The lowest BCUT2D eigenvalue weighted by molar-refractivity contribution is -0.129. The summed E-state index contributed by atoms with van der Waals surface area (Å²) >= 11 is 0. The largest absolute Gasteiger partial charge is 0.353 e. The molecule has 3 N–H and O–H groups in total. The minimum absolute atomic E-state index is 0.109. The van der Waals surface area contributed by atoms with E-state index >= 15 is 0 Å². The van der Waals surface area contributed by atoms with Crippen LogP contribution >= 0.6 is 0 Å². The molecule has 2 aliphatic rings. The first-order valence-corrected chi connectivity index (χ1v) is 8.18. The van der Waals surface area contributed by atoms with Crippen molar-refractivity contribution in [3.63, 3.8) is 0 Å². The Hall–Kier alpha value is -2.17. The third kappa shape index (κ3) is 2.35. The summed E-state index contributed by atoms with van der Waals surface area (Å²) in [5.74, 6) is 0.381. The highest BCUT2D eigenvalue weighted by Crippen LogP contribution is 2.41. The van der Waals surface area contributed by atoms with E-state index in [2.05, 4.69) is 46.6 Å². The summed E-state index contributed by atoms with van der Waals surface area (Å²) in [4.78, 5) is 14.8. The van der Waals surface area contributed by atoms with Gasteiger partial charge in [0.05, 0.1) is 0 Å². The molecule has 2 heterocycles. The molecule has 2 aromatic rings. The fraction of sp³-hybridized carbons (Fsp3) is 0.316. The third-order valence-electron chi connectivity index (χ3n) is 5.02. The number of piperazine rings is 1. The molecule has 0 aliphatic carbocycles. The zero-order valence-corrected chi connectivity index (χ0v) is 13.0. The van der Waals surface area contributed by atoms with Gasteiger partial charge in [-0.15, -0.1) is 0 Å². The normalized spacial score (nSPS) is 23.8. The number of hydrogen-bond donors (Lipinski definition) is 2. The van der Waals surface area contributed by atoms with Gasteiger partial charge < -0.3 is 11.1 Å². The summed E-state index contributed by atoms with van der Waals surface area (Å²) in [5.41, 5.74) is 10.8. The van der Waals surface area contributed by atoms with Crippen LogP contribution in [0.5, 0.6) is 0 Å². The van der Waals surface area contributed by atoms with Crippen molar-refractivity contribution >= 4 is 5.91 Å². The minimum atomic E-state index is -0.176. The lowest BCUT2D eigenvalue weighted by Gasteiger charge is -2.44. The van der Waals surface area contributed by atoms with E-state index in [1.165, 1.54) is 11.1 Å². The lowest BCUT2D eigenvalue weighted by Crippen LogP contribution is -2.53. The minimum Gasteiger partial charge on any atom is -0.353 e. The number of hydrogen-bond acceptors (Lipinski definition) is 3. The molecule has 0 spiro atoms. The number of carbonyl (C=O) groups is 1. The van der Waals surface area contributed by atoms with Crippen molar-refractivity contribution in [2.45, 2.75) is 18.5 Å². The van der Waals surface area contributed by atoms with Gasteiger partial charge in [0.25, 0.3) is 0 Å². The first-order chi connectivity index (χ1) is 11.3. The molecule has 2 unspecified atom stereocenters. The van der Waals surface area contributed by atoms with E-state index in [0.717, 1.165) is 30.8 Å². The van der Waals surface area contributed by atoms with Gasteiger partial charge in [0.2, 0.25) is 5.91 Å². The number of benzene rings is 2. The van der Waals surface area contributed by atoms with Crippen LogP contribution in [0.3, 0.4) is 0 Å². The van der Waals surface area contributed by atoms with E-state index in [-0.39, 0.29) is 17.9 Å². The molecule has 2 aromatic carbocycles. The Morgan fingerprint density at radius 2 is 1.96 bits per heavy atom. The second-order valence-corrected chi connectivity index (χ2v) is 6.28. The standard InChI is InChI=1S/C19H21N3O/c20-11-14-7-4-8-15-17(14)16(13-5-2-1-3-6-13)12-22-10-9-21-19(23)18(15)22/h1-8,16,18H,9-12,20H2,(H,21,23). The average molecular weight is 307 g/mol. The SMILES string of the molecule is NCc1cccc2c1C(c1ccccc1)CN1CCNC(=O)C21. The van der Waals surface area contributed by atoms with Crippen molar-refractivity contribution in [1.29, 1.82) is 0 Å². The topological polar surface area (TPSA) is 58.4 Å². The summed E-state index contributed by atoms with van der Waals surface area (Å²) in [5, 5.41) is 3.00. The molecule has 4 heteroatoms. The molecule has 4 rings (SSSR count). The van der Waals surface area contributed by atoms with Gasteiger partial charge in [0.1, 0.15) is 6.04 Å². The molecule has 23 heavy (non-hydrogen) atoms. The Morgan fingerprint density at radius 1 is 1.13 bits per heavy atom. The second-order valence-electron chi connectivity index (χ2n) is 6.28. The second kappa shape index (κ2) is 5.80. The predicted octanol–water partition coefficient (Wildman–Crippen LogP) is 1.76. The van der Waals surface area contributed by atoms with Crippen molar-refractivity contribution in [3.05, 3.63) is 70.8 Å². The smallest absolute Gasteiger partial charge is 0.242 e. The van der Waals surface area contributed by atoms with E-state index in [1.807, 2.05) is 12.1 Å². The number of nitrogens with one attached hydrogen (secondary N) is 1. The van der Waals surface area contributed by atoms with Gasteiger partial charge in [-0.3, -0.25) is 9.69 Å². The highest BCUT2D eigenvalue weighted by molar-refractivity contribution is 5.85. The van der Waals surface area contributed by atoms with Crippen LogP contribution in [0.4, 0.5) is 0 Å². The van der Waals surface area contributed by atoms with Crippen LogP contribution in [-0.2, 0) is 11.3 Å². The molecule has 2 atom stereocenters. The first kappa shape index (κ1) is 14.4. The average Bonchev–Trinajstić information content (AvgIpc) is 2.61. The number of fused-ring (bicyclic) bond motifs is 3. The molecule has 2 aliphatic heterocycles. The maximum absolute atomic E-state index is 12.5. The Bertz CT molecular complexity index is 729. The molecule has 4 nitrogen and oxygen atoms in total. The van der Waals surface area contributed by atoms with Crippen LogP contribution in [-0.4, -0.2) is 30.4 Å². The quantitative estimate of drug-likeness (QED) is 0.889. The molecule has 118 valence electrons. The summed E-state index contributed by atoms with van der Waals surface area (Å²) in [7, 11) is 0. The van der Waals surface area contributed by atoms with Gasteiger partial charge in [-0.25, -0.2) is 0 Å². The maximum Gasteiger partial charge on any atom is 0.242 e. The molecule has 0 radical (unpaired) electrons. The van der Waals surface area contributed by atoms with Crippen LogP contribution in [0, 0.1) is 0 Å². The van der Waals surface area contributed by atoms with Crippen molar-refractivity contribution in [3.8, 4) is 0 Å². The predicted molar refractivity (Wildman–Crippen MR) is 89.9 cm³/mol. The van der Waals surface area contributed by atoms with Crippen molar-refractivity contribution in [2.75, 3.05) is 19.6 Å². The van der Waals surface area contributed by atoms with Crippen LogP contribution in [0.25, 0.3) is 0 Å². The Kier molecular flexibility index (Phi) is 3.63. The number of rotatable bonds is 2. The van der Waals surface area contributed by atoms with E-state index < -0.39 is 0 Å². The fourth-order valence-corrected chi connectivity index (χ4v) is 4.01. The van der Waals surface area contributed by atoms with Crippen molar-refractivity contribution in [1.82, 2.24) is 10.2 Å². The van der Waals surface area contributed by atoms with Gasteiger partial charge in [-0.05, 0) is 22.3 Å². The van der Waals surface area contributed by atoms with E-state index in [4.69, 9.17) is 5.73 Å². The highest BCUT2D eigenvalue weighted by Gasteiger charge is 2.40. The molecule has 0 saturated carbocycles. The van der Waals surface area contributed by atoms with Gasteiger partial charge in [0.15, 0.2) is 0 Å².